The summed E-state index contributed by atoms with van der Waals surface area (Å²) in [6, 6.07) is 14.7. The van der Waals surface area contributed by atoms with Crippen LogP contribution in [0.5, 0.6) is 0 Å². The number of rotatable bonds is 7. The number of aromatic nitrogens is 2. The van der Waals surface area contributed by atoms with E-state index in [-0.39, 0.29) is 5.56 Å². The molecule has 0 bridgehead atoms. The van der Waals surface area contributed by atoms with Gasteiger partial charge in [0.15, 0.2) is 0 Å². The molecule has 0 amide bonds. The molecule has 1 aliphatic heterocycles. The van der Waals surface area contributed by atoms with Crippen molar-refractivity contribution in [2.75, 3.05) is 38.3 Å². The second-order valence-electron chi connectivity index (χ2n) is 8.57. The van der Waals surface area contributed by atoms with Crippen LogP contribution in [0.4, 0.5) is 5.69 Å². The third-order valence-corrected chi connectivity index (χ3v) is 6.42. The summed E-state index contributed by atoms with van der Waals surface area (Å²) >= 11 is 0. The zero-order chi connectivity index (χ0) is 22.8. The molecule has 1 saturated heterocycles. The summed E-state index contributed by atoms with van der Waals surface area (Å²) in [5, 5.41) is 9.38. The molecular formula is C25H32N4O3. The van der Waals surface area contributed by atoms with Crippen molar-refractivity contribution in [2.45, 2.75) is 39.3 Å². The number of benzene rings is 2. The smallest absolute Gasteiger partial charge is 0.335 e. The van der Waals surface area contributed by atoms with Crippen LogP contribution in [-0.2, 0) is 11.2 Å². The molecule has 1 aliphatic rings. The van der Waals surface area contributed by atoms with E-state index in [9.17, 15) is 9.90 Å². The van der Waals surface area contributed by atoms with E-state index in [0.717, 1.165) is 36.7 Å². The molecule has 2 heterocycles. The van der Waals surface area contributed by atoms with E-state index in [0.29, 0.717) is 30.6 Å². The zero-order valence-corrected chi connectivity index (χ0v) is 19.3. The number of methoxy groups -OCH3 is 1. The Bertz CT molecular complexity index is 1100. The molecule has 0 spiro atoms. The van der Waals surface area contributed by atoms with Crippen molar-refractivity contribution < 1.29 is 14.6 Å². The topological polar surface area (TPSA) is 70.8 Å². The SMILES string of the molecule is CCN1C(C)CN(c2cccc(-n3c(CCOC)nc4cc(C(=O)O)ccc43)c2)CC1C. The van der Waals surface area contributed by atoms with Crippen molar-refractivity contribution in [1.29, 1.82) is 0 Å². The minimum Gasteiger partial charge on any atom is -0.478 e. The van der Waals surface area contributed by atoms with Crippen LogP contribution in [0.15, 0.2) is 42.5 Å². The first-order valence-corrected chi connectivity index (χ1v) is 11.3. The molecule has 1 aromatic heterocycles. The highest BCUT2D eigenvalue weighted by Crippen LogP contribution is 2.28. The second-order valence-corrected chi connectivity index (χ2v) is 8.57. The first-order valence-electron chi connectivity index (χ1n) is 11.3. The molecule has 2 atom stereocenters. The first-order chi connectivity index (χ1) is 15.4. The van der Waals surface area contributed by atoms with Crippen LogP contribution in [0, 0.1) is 0 Å². The summed E-state index contributed by atoms with van der Waals surface area (Å²) < 4.78 is 7.42. The highest BCUT2D eigenvalue weighted by atomic mass is 16.5. The summed E-state index contributed by atoms with van der Waals surface area (Å²) in [5.41, 5.74) is 4.04. The first kappa shape index (κ1) is 22.3. The maximum atomic E-state index is 11.4. The van der Waals surface area contributed by atoms with Crippen LogP contribution >= 0.6 is 0 Å². The van der Waals surface area contributed by atoms with Gasteiger partial charge in [-0.25, -0.2) is 9.78 Å². The van der Waals surface area contributed by atoms with Gasteiger partial charge in [0.1, 0.15) is 5.82 Å². The molecule has 32 heavy (non-hydrogen) atoms. The summed E-state index contributed by atoms with van der Waals surface area (Å²) in [7, 11) is 1.68. The number of fused-ring (bicyclic) bond motifs is 1. The number of likely N-dealkylation sites (N-methyl/N-ethyl adjacent to an activating group) is 1. The van der Waals surface area contributed by atoms with Gasteiger partial charge in [0.05, 0.1) is 23.2 Å². The number of hydrogen-bond donors (Lipinski definition) is 1. The van der Waals surface area contributed by atoms with Crippen LogP contribution in [0.25, 0.3) is 16.7 Å². The van der Waals surface area contributed by atoms with Gasteiger partial charge in [-0.2, -0.15) is 0 Å². The fourth-order valence-electron chi connectivity index (χ4n) is 4.93. The van der Waals surface area contributed by atoms with Crippen molar-refractivity contribution in [2.24, 2.45) is 0 Å². The predicted molar refractivity (Wildman–Crippen MR) is 127 cm³/mol. The summed E-state index contributed by atoms with van der Waals surface area (Å²) in [5.74, 6) is -0.0876. The van der Waals surface area contributed by atoms with E-state index in [1.807, 2.05) is 6.07 Å². The monoisotopic (exact) mass is 436 g/mol. The van der Waals surface area contributed by atoms with Crippen molar-refractivity contribution >= 4 is 22.7 Å². The predicted octanol–water partition coefficient (Wildman–Crippen LogP) is 3.83. The van der Waals surface area contributed by atoms with Crippen molar-refractivity contribution in [3.8, 4) is 5.69 Å². The highest BCUT2D eigenvalue weighted by Gasteiger charge is 2.28. The lowest BCUT2D eigenvalue weighted by atomic mass is 10.1. The molecule has 7 heteroatoms. The third kappa shape index (κ3) is 4.23. The van der Waals surface area contributed by atoms with Crippen LogP contribution in [0.3, 0.4) is 0 Å². The van der Waals surface area contributed by atoms with E-state index in [2.05, 4.69) is 59.4 Å². The van der Waals surface area contributed by atoms with Gasteiger partial charge >= 0.3 is 5.97 Å². The minimum absolute atomic E-state index is 0.242. The molecule has 1 fully saturated rings. The molecule has 0 saturated carbocycles. The fraction of sp³-hybridized carbons (Fsp3) is 0.440. The summed E-state index contributed by atoms with van der Waals surface area (Å²) in [6.07, 6.45) is 0.640. The Morgan fingerprint density at radius 3 is 2.50 bits per heavy atom. The Kier molecular flexibility index (Phi) is 6.48. The Labute approximate surface area is 189 Å². The van der Waals surface area contributed by atoms with Crippen molar-refractivity contribution in [3.63, 3.8) is 0 Å². The molecule has 0 radical (unpaired) electrons. The number of hydrogen-bond acceptors (Lipinski definition) is 5. The van der Waals surface area contributed by atoms with E-state index in [4.69, 9.17) is 9.72 Å². The maximum Gasteiger partial charge on any atom is 0.335 e. The normalized spacial score (nSPS) is 19.6. The Morgan fingerprint density at radius 2 is 1.84 bits per heavy atom. The fourth-order valence-corrected chi connectivity index (χ4v) is 4.93. The maximum absolute atomic E-state index is 11.4. The number of nitrogens with zero attached hydrogens (tertiary/aromatic N) is 4. The van der Waals surface area contributed by atoms with Crippen molar-refractivity contribution in [1.82, 2.24) is 14.5 Å². The summed E-state index contributed by atoms with van der Waals surface area (Å²) in [6.45, 7) is 10.4. The highest BCUT2D eigenvalue weighted by molar-refractivity contribution is 5.93. The standard InChI is InChI=1S/C25H32N4O3/c1-5-28-17(2)15-27(16-18(28)3)20-7-6-8-21(14-20)29-23-10-9-19(25(30)31)13-22(23)26-24(29)11-12-32-4/h6-10,13-14,17-18H,5,11-12,15-16H2,1-4H3,(H,30,31). The third-order valence-electron chi connectivity index (χ3n) is 6.42. The zero-order valence-electron chi connectivity index (χ0n) is 19.3. The Morgan fingerprint density at radius 1 is 1.12 bits per heavy atom. The molecule has 3 aromatic rings. The van der Waals surface area contributed by atoms with Gasteiger partial charge < -0.3 is 14.7 Å². The van der Waals surface area contributed by atoms with E-state index in [1.165, 1.54) is 5.69 Å². The lowest BCUT2D eigenvalue weighted by Gasteiger charge is -2.45. The van der Waals surface area contributed by atoms with Gasteiger partial charge in [-0.05, 0) is 56.8 Å². The van der Waals surface area contributed by atoms with Gasteiger partial charge in [0.25, 0.3) is 0 Å². The van der Waals surface area contributed by atoms with Gasteiger partial charge in [-0.15, -0.1) is 0 Å². The average molecular weight is 437 g/mol. The van der Waals surface area contributed by atoms with Crippen molar-refractivity contribution in [3.05, 3.63) is 53.9 Å². The largest absolute Gasteiger partial charge is 0.478 e. The van der Waals surface area contributed by atoms with Gasteiger partial charge in [0, 0.05) is 50.1 Å². The van der Waals surface area contributed by atoms with E-state index < -0.39 is 5.97 Å². The number of imidazole rings is 1. The Hall–Kier alpha value is -2.90. The number of aromatic carboxylic acids is 1. The number of piperazine rings is 1. The molecule has 170 valence electrons. The number of ether oxygens (including phenoxy) is 1. The lowest BCUT2D eigenvalue weighted by molar-refractivity contribution is 0.0697. The molecule has 1 N–H and O–H groups in total. The minimum atomic E-state index is -0.948. The Balaban J connectivity index is 1.75. The van der Waals surface area contributed by atoms with Gasteiger partial charge in [-0.1, -0.05) is 13.0 Å². The van der Waals surface area contributed by atoms with Crippen LogP contribution in [0.1, 0.15) is 37.0 Å². The second kappa shape index (κ2) is 9.30. The van der Waals surface area contributed by atoms with Crippen LogP contribution in [-0.4, -0.2) is 71.0 Å². The molecule has 7 nitrogen and oxygen atoms in total. The van der Waals surface area contributed by atoms with Gasteiger partial charge in [0.2, 0.25) is 0 Å². The molecular weight excluding hydrogens is 404 g/mol. The van der Waals surface area contributed by atoms with E-state index in [1.54, 1.807) is 19.2 Å². The number of carboxylic acids is 1. The van der Waals surface area contributed by atoms with E-state index >= 15 is 0 Å². The van der Waals surface area contributed by atoms with Gasteiger partial charge in [-0.3, -0.25) is 9.47 Å². The molecule has 2 unspecified atom stereocenters. The number of carbonyl (C=O) groups is 1. The average Bonchev–Trinajstić information content (AvgIpc) is 3.15. The molecule has 0 aliphatic carbocycles. The summed E-state index contributed by atoms with van der Waals surface area (Å²) in [4.78, 5) is 21.2. The quantitative estimate of drug-likeness (QED) is 0.607. The lowest BCUT2D eigenvalue weighted by Crippen LogP contribution is -2.56. The molecule has 2 aromatic carbocycles. The van der Waals surface area contributed by atoms with Crippen LogP contribution < -0.4 is 4.90 Å². The van der Waals surface area contributed by atoms with Crippen LogP contribution in [0.2, 0.25) is 0 Å². The number of carboxylic acid groups (broad SMARTS) is 1. The molecule has 4 rings (SSSR count). The number of anilines is 1.